The molecule has 1 aliphatic rings. The van der Waals surface area contributed by atoms with Gasteiger partial charge in [-0.3, -0.25) is 4.79 Å². The maximum atomic E-state index is 11.1. The van der Waals surface area contributed by atoms with Crippen molar-refractivity contribution in [2.45, 2.75) is 19.8 Å². The van der Waals surface area contributed by atoms with E-state index in [0.717, 1.165) is 24.5 Å². The molecule has 0 spiro atoms. The number of carbonyl (C=O) groups is 1. The minimum Gasteiger partial charge on any atom is -0.493 e. The first-order valence-corrected chi connectivity index (χ1v) is 4.85. The van der Waals surface area contributed by atoms with Crippen LogP contribution in [0.25, 0.3) is 0 Å². The maximum absolute atomic E-state index is 11.1. The van der Waals surface area contributed by atoms with E-state index in [1.165, 1.54) is 5.56 Å². The van der Waals surface area contributed by atoms with Gasteiger partial charge in [0.25, 0.3) is 0 Å². The average molecular weight is 191 g/mol. The van der Waals surface area contributed by atoms with Crippen molar-refractivity contribution in [1.29, 1.82) is 0 Å². The van der Waals surface area contributed by atoms with E-state index in [2.05, 4.69) is 5.32 Å². The molecule has 1 aromatic carbocycles. The number of anilines is 1. The highest BCUT2D eigenvalue weighted by molar-refractivity contribution is 5.90. The monoisotopic (exact) mass is 191 g/mol. The van der Waals surface area contributed by atoms with Gasteiger partial charge < -0.3 is 10.1 Å². The fourth-order valence-electron chi connectivity index (χ4n) is 1.51. The van der Waals surface area contributed by atoms with Crippen LogP contribution in [0.4, 0.5) is 5.69 Å². The Morgan fingerprint density at radius 1 is 1.57 bits per heavy atom. The van der Waals surface area contributed by atoms with Crippen LogP contribution in [0.3, 0.4) is 0 Å². The predicted octanol–water partition coefficient (Wildman–Crippen LogP) is 1.97. The standard InChI is InChI=1S/C11H13NO2/c1-2-11(13)12-9-3-4-10-8(7-9)5-6-14-10/h3-4,7H,2,5-6H2,1H3,(H,12,13). The summed E-state index contributed by atoms with van der Waals surface area (Å²) in [7, 11) is 0. The van der Waals surface area contributed by atoms with E-state index >= 15 is 0 Å². The summed E-state index contributed by atoms with van der Waals surface area (Å²) < 4.78 is 5.37. The number of nitrogens with one attached hydrogen (secondary N) is 1. The van der Waals surface area contributed by atoms with Crippen LogP contribution in [0.1, 0.15) is 18.9 Å². The first-order valence-electron chi connectivity index (χ1n) is 4.85. The van der Waals surface area contributed by atoms with Gasteiger partial charge in [-0.05, 0) is 23.8 Å². The first kappa shape index (κ1) is 9.06. The molecule has 0 aromatic heterocycles. The molecule has 0 saturated carbocycles. The smallest absolute Gasteiger partial charge is 0.224 e. The van der Waals surface area contributed by atoms with E-state index in [1.54, 1.807) is 0 Å². The third-order valence-corrected chi connectivity index (χ3v) is 2.29. The van der Waals surface area contributed by atoms with Gasteiger partial charge in [0.05, 0.1) is 6.61 Å². The molecule has 1 aliphatic heterocycles. The highest BCUT2D eigenvalue weighted by Gasteiger charge is 2.12. The van der Waals surface area contributed by atoms with Crippen LogP contribution in [0, 0.1) is 0 Å². The second kappa shape index (κ2) is 3.70. The highest BCUT2D eigenvalue weighted by Crippen LogP contribution is 2.27. The van der Waals surface area contributed by atoms with Crippen molar-refractivity contribution in [3.8, 4) is 5.75 Å². The largest absolute Gasteiger partial charge is 0.493 e. The summed E-state index contributed by atoms with van der Waals surface area (Å²) in [6.45, 7) is 2.59. The minimum absolute atomic E-state index is 0.0452. The molecule has 0 atom stereocenters. The molecule has 0 bridgehead atoms. The molecular formula is C11H13NO2. The summed E-state index contributed by atoms with van der Waals surface area (Å²) >= 11 is 0. The van der Waals surface area contributed by atoms with Crippen molar-refractivity contribution < 1.29 is 9.53 Å². The van der Waals surface area contributed by atoms with Crippen LogP contribution in [-0.4, -0.2) is 12.5 Å². The summed E-state index contributed by atoms with van der Waals surface area (Å²) in [5, 5.41) is 2.83. The Hall–Kier alpha value is -1.51. The molecule has 0 unspecified atom stereocenters. The number of benzene rings is 1. The zero-order chi connectivity index (χ0) is 9.97. The number of fused-ring (bicyclic) bond motifs is 1. The van der Waals surface area contributed by atoms with E-state index in [9.17, 15) is 4.79 Å². The number of hydrogen-bond acceptors (Lipinski definition) is 2. The fraction of sp³-hybridized carbons (Fsp3) is 0.364. The third-order valence-electron chi connectivity index (χ3n) is 2.29. The average Bonchev–Trinajstić information content (AvgIpc) is 2.64. The molecular weight excluding hydrogens is 178 g/mol. The Kier molecular flexibility index (Phi) is 2.39. The summed E-state index contributed by atoms with van der Waals surface area (Å²) in [5.41, 5.74) is 2.04. The van der Waals surface area contributed by atoms with Gasteiger partial charge in [-0.2, -0.15) is 0 Å². The number of rotatable bonds is 2. The minimum atomic E-state index is 0.0452. The first-order chi connectivity index (χ1) is 6.79. The van der Waals surface area contributed by atoms with Gasteiger partial charge in [-0.15, -0.1) is 0 Å². The molecule has 2 rings (SSSR count). The molecule has 3 heteroatoms. The summed E-state index contributed by atoms with van der Waals surface area (Å²) in [5.74, 6) is 0.989. The number of carbonyl (C=O) groups excluding carboxylic acids is 1. The number of hydrogen-bond donors (Lipinski definition) is 1. The molecule has 0 saturated heterocycles. The zero-order valence-electron chi connectivity index (χ0n) is 8.17. The lowest BCUT2D eigenvalue weighted by molar-refractivity contribution is -0.115. The van der Waals surface area contributed by atoms with E-state index in [4.69, 9.17) is 4.74 Å². The lowest BCUT2D eigenvalue weighted by atomic mass is 10.1. The zero-order valence-corrected chi connectivity index (χ0v) is 8.17. The molecule has 0 radical (unpaired) electrons. The lowest BCUT2D eigenvalue weighted by Gasteiger charge is -2.05. The predicted molar refractivity (Wildman–Crippen MR) is 54.6 cm³/mol. The van der Waals surface area contributed by atoms with E-state index in [1.807, 2.05) is 25.1 Å². The van der Waals surface area contributed by atoms with E-state index < -0.39 is 0 Å². The SMILES string of the molecule is CCC(=O)Nc1ccc2c(c1)CCO2. The van der Waals surface area contributed by atoms with Gasteiger partial charge in [0, 0.05) is 18.5 Å². The fourth-order valence-corrected chi connectivity index (χ4v) is 1.51. The number of amides is 1. The highest BCUT2D eigenvalue weighted by atomic mass is 16.5. The molecule has 14 heavy (non-hydrogen) atoms. The van der Waals surface area contributed by atoms with Crippen molar-refractivity contribution in [2.24, 2.45) is 0 Å². The van der Waals surface area contributed by atoms with E-state index in [0.29, 0.717) is 6.42 Å². The van der Waals surface area contributed by atoms with Crippen molar-refractivity contribution in [1.82, 2.24) is 0 Å². The Labute approximate surface area is 83.1 Å². The van der Waals surface area contributed by atoms with Crippen LogP contribution in [-0.2, 0) is 11.2 Å². The third kappa shape index (κ3) is 1.71. The Balaban J connectivity index is 2.16. The maximum Gasteiger partial charge on any atom is 0.224 e. The normalized spacial score (nSPS) is 13.2. The van der Waals surface area contributed by atoms with Crippen LogP contribution in [0.2, 0.25) is 0 Å². The Morgan fingerprint density at radius 2 is 2.43 bits per heavy atom. The molecule has 1 amide bonds. The lowest BCUT2D eigenvalue weighted by Crippen LogP contribution is -2.09. The number of ether oxygens (including phenoxy) is 1. The quantitative estimate of drug-likeness (QED) is 0.776. The van der Waals surface area contributed by atoms with Gasteiger partial charge in [-0.1, -0.05) is 6.92 Å². The van der Waals surface area contributed by atoms with Gasteiger partial charge in [0.15, 0.2) is 0 Å². The molecule has 1 heterocycles. The van der Waals surface area contributed by atoms with Crippen molar-refractivity contribution in [3.63, 3.8) is 0 Å². The van der Waals surface area contributed by atoms with Crippen LogP contribution < -0.4 is 10.1 Å². The summed E-state index contributed by atoms with van der Waals surface area (Å²) in [4.78, 5) is 11.1. The van der Waals surface area contributed by atoms with Crippen molar-refractivity contribution in [2.75, 3.05) is 11.9 Å². The molecule has 0 aliphatic carbocycles. The Morgan fingerprint density at radius 3 is 3.21 bits per heavy atom. The Bertz CT molecular complexity index is 360. The van der Waals surface area contributed by atoms with Gasteiger partial charge in [-0.25, -0.2) is 0 Å². The van der Waals surface area contributed by atoms with Gasteiger partial charge >= 0.3 is 0 Å². The second-order valence-electron chi connectivity index (χ2n) is 3.32. The molecule has 1 aromatic rings. The van der Waals surface area contributed by atoms with Crippen LogP contribution in [0.5, 0.6) is 5.75 Å². The second-order valence-corrected chi connectivity index (χ2v) is 3.32. The van der Waals surface area contributed by atoms with E-state index in [-0.39, 0.29) is 5.91 Å². The summed E-state index contributed by atoms with van der Waals surface area (Å²) in [6, 6.07) is 5.77. The van der Waals surface area contributed by atoms with Crippen molar-refractivity contribution >= 4 is 11.6 Å². The van der Waals surface area contributed by atoms with Crippen LogP contribution in [0.15, 0.2) is 18.2 Å². The molecule has 1 N–H and O–H groups in total. The molecule has 3 nitrogen and oxygen atoms in total. The molecule has 0 fully saturated rings. The summed E-state index contributed by atoms with van der Waals surface area (Å²) in [6.07, 6.45) is 1.44. The van der Waals surface area contributed by atoms with Gasteiger partial charge in [0.1, 0.15) is 5.75 Å². The van der Waals surface area contributed by atoms with Gasteiger partial charge in [0.2, 0.25) is 5.91 Å². The molecule has 74 valence electrons. The van der Waals surface area contributed by atoms with Crippen molar-refractivity contribution in [3.05, 3.63) is 23.8 Å². The topological polar surface area (TPSA) is 38.3 Å². The van der Waals surface area contributed by atoms with Crippen LogP contribution >= 0.6 is 0 Å².